The van der Waals surface area contributed by atoms with E-state index in [1.165, 1.54) is 0 Å². The van der Waals surface area contributed by atoms with Crippen molar-refractivity contribution in [3.05, 3.63) is 0 Å². The highest BCUT2D eigenvalue weighted by Gasteiger charge is 2.11. The summed E-state index contributed by atoms with van der Waals surface area (Å²) < 4.78 is 0. The molecule has 3 nitrogen and oxygen atoms in total. The molecule has 2 atom stereocenters. The second-order valence-corrected chi connectivity index (χ2v) is 2.32. The van der Waals surface area contributed by atoms with Crippen LogP contribution in [-0.4, -0.2) is 22.3 Å². The predicted molar refractivity (Wildman–Crippen MR) is 33.1 cm³/mol. The summed E-state index contributed by atoms with van der Waals surface area (Å²) in [5.41, 5.74) is 0. The van der Waals surface area contributed by atoms with Gasteiger partial charge >= 0.3 is 5.97 Å². The maximum absolute atomic E-state index is 10.0. The summed E-state index contributed by atoms with van der Waals surface area (Å²) in [5, 5.41) is 17.0. The number of carboxylic acids is 1. The van der Waals surface area contributed by atoms with Gasteiger partial charge in [-0.25, -0.2) is 0 Å². The van der Waals surface area contributed by atoms with Gasteiger partial charge in [-0.2, -0.15) is 0 Å². The molecule has 2 N–H and O–H groups in total. The molecule has 0 fully saturated rings. The van der Waals surface area contributed by atoms with Crippen LogP contribution in [0.5, 0.6) is 0 Å². The number of hydrogen-bond donors (Lipinski definition) is 2. The minimum Gasteiger partial charge on any atom is -0.481 e. The zero-order chi connectivity index (χ0) is 7.44. The lowest BCUT2D eigenvalue weighted by Crippen LogP contribution is -2.16. The highest BCUT2D eigenvalue weighted by Crippen LogP contribution is 2.06. The lowest BCUT2D eigenvalue weighted by molar-refractivity contribution is -0.138. The van der Waals surface area contributed by atoms with Crippen LogP contribution in [0.3, 0.4) is 0 Å². The van der Waals surface area contributed by atoms with E-state index >= 15 is 0 Å². The minimum absolute atomic E-state index is 0.0394. The van der Waals surface area contributed by atoms with E-state index in [9.17, 15) is 4.79 Å². The average Bonchev–Trinajstić information content (AvgIpc) is 1.63. The van der Waals surface area contributed by atoms with Crippen LogP contribution in [0.25, 0.3) is 0 Å². The summed E-state index contributed by atoms with van der Waals surface area (Å²) in [6.45, 7) is 3.30. The molecule has 0 amide bonds. The van der Waals surface area contributed by atoms with E-state index in [1.807, 2.05) is 0 Å². The SMILES string of the molecule is C[C@H](O)[C@@H](C)CC(=O)O. The number of carboxylic acid groups (broad SMARTS) is 1. The summed E-state index contributed by atoms with van der Waals surface area (Å²) in [4.78, 5) is 10.0. The standard InChI is InChI=1S/C6H12O3/c1-4(5(2)7)3-6(8)9/h4-5,7H,3H2,1-2H3,(H,8,9)/t4-,5-/m0/s1. The third kappa shape index (κ3) is 3.97. The fraction of sp³-hybridized carbons (Fsp3) is 0.833. The summed E-state index contributed by atoms with van der Waals surface area (Å²) in [6, 6.07) is 0. The molecule has 0 aliphatic heterocycles. The van der Waals surface area contributed by atoms with Crippen LogP contribution in [0.2, 0.25) is 0 Å². The van der Waals surface area contributed by atoms with Gasteiger partial charge in [-0.15, -0.1) is 0 Å². The van der Waals surface area contributed by atoms with Gasteiger partial charge in [0.15, 0.2) is 0 Å². The Morgan fingerprint density at radius 2 is 2.00 bits per heavy atom. The molecule has 0 bridgehead atoms. The van der Waals surface area contributed by atoms with Gasteiger partial charge in [-0.05, 0) is 12.8 Å². The van der Waals surface area contributed by atoms with Crippen molar-refractivity contribution in [1.29, 1.82) is 0 Å². The molecule has 0 saturated carbocycles. The van der Waals surface area contributed by atoms with E-state index in [4.69, 9.17) is 10.2 Å². The van der Waals surface area contributed by atoms with Gasteiger partial charge in [0.05, 0.1) is 12.5 Å². The topological polar surface area (TPSA) is 57.5 Å². The largest absolute Gasteiger partial charge is 0.481 e. The zero-order valence-corrected chi connectivity index (χ0v) is 5.66. The Labute approximate surface area is 54.3 Å². The first kappa shape index (κ1) is 8.43. The third-order valence-electron chi connectivity index (χ3n) is 1.32. The van der Waals surface area contributed by atoms with Crippen molar-refractivity contribution in [1.82, 2.24) is 0 Å². The molecular weight excluding hydrogens is 120 g/mol. The molecule has 0 aliphatic rings. The van der Waals surface area contributed by atoms with E-state index < -0.39 is 12.1 Å². The van der Waals surface area contributed by atoms with Gasteiger partial charge in [0.25, 0.3) is 0 Å². The van der Waals surface area contributed by atoms with E-state index in [-0.39, 0.29) is 12.3 Å². The Bertz CT molecular complexity index is 98.5. The number of hydrogen-bond acceptors (Lipinski definition) is 2. The minimum atomic E-state index is -0.858. The van der Waals surface area contributed by atoms with Crippen molar-refractivity contribution >= 4 is 5.97 Å². The smallest absolute Gasteiger partial charge is 0.303 e. The molecule has 3 heteroatoms. The summed E-state index contributed by atoms with van der Waals surface area (Å²) >= 11 is 0. The molecule has 0 aliphatic carbocycles. The normalized spacial score (nSPS) is 16.8. The van der Waals surface area contributed by atoms with Crippen molar-refractivity contribution in [2.24, 2.45) is 5.92 Å². The lowest BCUT2D eigenvalue weighted by atomic mass is 10.0. The summed E-state index contributed by atoms with van der Waals surface area (Å²) in [5.74, 6) is -1.01. The van der Waals surface area contributed by atoms with Gasteiger partial charge < -0.3 is 10.2 Å². The number of aliphatic hydroxyl groups is 1. The number of rotatable bonds is 3. The fourth-order valence-electron chi connectivity index (χ4n) is 0.446. The molecule has 0 rings (SSSR count). The number of aliphatic carboxylic acids is 1. The Balaban J connectivity index is 3.50. The predicted octanol–water partition coefficient (Wildman–Crippen LogP) is 0.478. The summed E-state index contributed by atoms with van der Waals surface area (Å²) in [6.07, 6.45) is -0.487. The molecule has 0 aromatic heterocycles. The Morgan fingerprint density at radius 1 is 1.56 bits per heavy atom. The van der Waals surface area contributed by atoms with E-state index in [0.29, 0.717) is 0 Å². The molecule has 0 radical (unpaired) electrons. The first-order valence-electron chi connectivity index (χ1n) is 2.94. The Hall–Kier alpha value is -0.570. The van der Waals surface area contributed by atoms with Crippen molar-refractivity contribution in [2.75, 3.05) is 0 Å². The average molecular weight is 132 g/mol. The van der Waals surface area contributed by atoms with Crippen LogP contribution in [0.4, 0.5) is 0 Å². The molecule has 0 aromatic rings. The van der Waals surface area contributed by atoms with Crippen LogP contribution in [0, 0.1) is 5.92 Å². The van der Waals surface area contributed by atoms with Gasteiger partial charge in [-0.3, -0.25) is 4.79 Å². The van der Waals surface area contributed by atoms with Crippen LogP contribution in [0.15, 0.2) is 0 Å². The third-order valence-corrected chi connectivity index (χ3v) is 1.32. The van der Waals surface area contributed by atoms with Gasteiger partial charge in [-0.1, -0.05) is 6.92 Å². The maximum Gasteiger partial charge on any atom is 0.303 e. The van der Waals surface area contributed by atoms with E-state index in [0.717, 1.165) is 0 Å². The molecule has 54 valence electrons. The van der Waals surface area contributed by atoms with Crippen molar-refractivity contribution in [2.45, 2.75) is 26.4 Å². The molecule has 0 saturated heterocycles. The van der Waals surface area contributed by atoms with Gasteiger partial charge in [0.2, 0.25) is 0 Å². The van der Waals surface area contributed by atoms with Gasteiger partial charge in [0.1, 0.15) is 0 Å². The van der Waals surface area contributed by atoms with Crippen molar-refractivity contribution in [3.63, 3.8) is 0 Å². The van der Waals surface area contributed by atoms with Gasteiger partial charge in [0, 0.05) is 0 Å². The highest BCUT2D eigenvalue weighted by molar-refractivity contribution is 5.67. The molecule has 0 aromatic carbocycles. The van der Waals surface area contributed by atoms with Crippen LogP contribution >= 0.6 is 0 Å². The Kier molecular flexibility index (Phi) is 3.24. The first-order chi connectivity index (χ1) is 4.04. The van der Waals surface area contributed by atoms with E-state index in [1.54, 1.807) is 13.8 Å². The van der Waals surface area contributed by atoms with E-state index in [2.05, 4.69) is 0 Å². The maximum atomic E-state index is 10.0. The van der Waals surface area contributed by atoms with Crippen LogP contribution in [0.1, 0.15) is 20.3 Å². The van der Waals surface area contributed by atoms with Crippen molar-refractivity contribution in [3.8, 4) is 0 Å². The monoisotopic (exact) mass is 132 g/mol. The molecular formula is C6H12O3. The zero-order valence-electron chi connectivity index (χ0n) is 5.66. The van der Waals surface area contributed by atoms with Crippen LogP contribution in [-0.2, 0) is 4.79 Å². The number of aliphatic hydroxyl groups excluding tert-OH is 1. The number of carbonyl (C=O) groups is 1. The fourth-order valence-corrected chi connectivity index (χ4v) is 0.446. The molecule has 9 heavy (non-hydrogen) atoms. The van der Waals surface area contributed by atoms with Crippen LogP contribution < -0.4 is 0 Å². The Morgan fingerprint density at radius 3 is 2.11 bits per heavy atom. The highest BCUT2D eigenvalue weighted by atomic mass is 16.4. The summed E-state index contributed by atoms with van der Waals surface area (Å²) in [7, 11) is 0. The first-order valence-corrected chi connectivity index (χ1v) is 2.94. The quantitative estimate of drug-likeness (QED) is 0.587. The second kappa shape index (κ2) is 3.45. The molecule has 0 heterocycles. The lowest BCUT2D eigenvalue weighted by Gasteiger charge is -2.10. The second-order valence-electron chi connectivity index (χ2n) is 2.32. The van der Waals surface area contributed by atoms with Crippen molar-refractivity contribution < 1.29 is 15.0 Å². The molecule has 0 spiro atoms. The molecule has 0 unspecified atom stereocenters.